The van der Waals surface area contributed by atoms with E-state index >= 15 is 0 Å². The summed E-state index contributed by atoms with van der Waals surface area (Å²) in [5, 5.41) is 3.78. The van der Waals surface area contributed by atoms with Crippen molar-refractivity contribution in [1.29, 1.82) is 0 Å². The molecule has 1 aliphatic heterocycles. The first-order valence-electron chi connectivity index (χ1n) is 12.0. The first-order chi connectivity index (χ1) is 17.6. The standard InChI is InChI=1S/C30H26N6/c1-20-8-5-10-22(32-20)24-14-15-26(34-24)27-12-7-18-30(36-27,28-13-3-4-19-31-28)29-17-16-25(35-29)23-11-6-9-21(2)33-23/h3-19,34-36H,1-2H3. The largest absolute Gasteiger partial charge is 0.364 e. The monoisotopic (exact) mass is 470 g/mol. The third kappa shape index (κ3) is 3.92. The molecule has 6 heterocycles. The van der Waals surface area contributed by atoms with Gasteiger partial charge in [0.1, 0.15) is 5.54 Å². The molecule has 1 aliphatic rings. The molecule has 1 atom stereocenters. The zero-order chi connectivity index (χ0) is 24.5. The van der Waals surface area contributed by atoms with E-state index in [-0.39, 0.29) is 0 Å². The van der Waals surface area contributed by atoms with Crippen LogP contribution in [0, 0.1) is 13.8 Å². The smallest absolute Gasteiger partial charge is 0.139 e. The Bertz CT molecular complexity index is 1590. The Hall–Kier alpha value is -4.71. The first-order valence-corrected chi connectivity index (χ1v) is 12.0. The van der Waals surface area contributed by atoms with Crippen molar-refractivity contribution in [3.05, 3.63) is 132 Å². The number of allylic oxidation sites excluding steroid dienone is 2. The van der Waals surface area contributed by atoms with E-state index in [4.69, 9.17) is 9.97 Å². The predicted molar refractivity (Wildman–Crippen MR) is 143 cm³/mol. The Morgan fingerprint density at radius 3 is 2.06 bits per heavy atom. The number of nitrogens with one attached hydrogen (secondary N) is 3. The molecular weight excluding hydrogens is 444 g/mol. The molecule has 3 N–H and O–H groups in total. The maximum absolute atomic E-state index is 4.74. The van der Waals surface area contributed by atoms with Crippen molar-refractivity contribution in [2.45, 2.75) is 19.4 Å². The van der Waals surface area contributed by atoms with Gasteiger partial charge in [-0.25, -0.2) is 0 Å². The van der Waals surface area contributed by atoms with Gasteiger partial charge in [-0.2, -0.15) is 0 Å². The SMILES string of the molecule is Cc1cccc(-c2ccc(C3=CC=CC(c4ccccn4)(c4ccc(-c5cccc(C)n5)[nH]4)N3)[nH]2)n1. The van der Waals surface area contributed by atoms with E-state index in [1.54, 1.807) is 0 Å². The van der Waals surface area contributed by atoms with E-state index in [1.807, 2.05) is 74.6 Å². The molecule has 0 aromatic carbocycles. The lowest BCUT2D eigenvalue weighted by molar-refractivity contribution is 0.546. The highest BCUT2D eigenvalue weighted by molar-refractivity contribution is 5.71. The molecule has 0 fully saturated rings. The normalized spacial score (nSPS) is 17.0. The summed E-state index contributed by atoms with van der Waals surface area (Å²) >= 11 is 0. The summed E-state index contributed by atoms with van der Waals surface area (Å²) < 4.78 is 0. The molecule has 0 radical (unpaired) electrons. The average Bonchev–Trinajstić information content (AvgIpc) is 3.61. The van der Waals surface area contributed by atoms with Crippen LogP contribution in [0.4, 0.5) is 0 Å². The van der Waals surface area contributed by atoms with E-state index in [0.29, 0.717) is 0 Å². The second-order valence-electron chi connectivity index (χ2n) is 8.99. The number of hydrogen-bond acceptors (Lipinski definition) is 4. The van der Waals surface area contributed by atoms with Crippen molar-refractivity contribution in [3.63, 3.8) is 0 Å². The number of aryl methyl sites for hydroxylation is 2. The Morgan fingerprint density at radius 1 is 0.667 bits per heavy atom. The highest BCUT2D eigenvalue weighted by atomic mass is 15.1. The quantitative estimate of drug-likeness (QED) is 0.298. The van der Waals surface area contributed by atoms with Gasteiger partial charge in [-0.15, -0.1) is 0 Å². The number of hydrogen-bond donors (Lipinski definition) is 3. The molecule has 0 amide bonds. The minimum absolute atomic E-state index is 0.680. The predicted octanol–water partition coefficient (Wildman–Crippen LogP) is 5.92. The summed E-state index contributed by atoms with van der Waals surface area (Å²) in [7, 11) is 0. The van der Waals surface area contributed by atoms with Crippen LogP contribution in [0.15, 0.2) is 103 Å². The molecule has 5 aromatic heterocycles. The van der Waals surface area contributed by atoms with E-state index in [9.17, 15) is 0 Å². The van der Waals surface area contributed by atoms with Crippen molar-refractivity contribution in [2.75, 3.05) is 0 Å². The number of aromatic amines is 2. The fraction of sp³-hybridized carbons (Fsp3) is 0.100. The molecule has 36 heavy (non-hydrogen) atoms. The molecule has 176 valence electrons. The lowest BCUT2D eigenvalue weighted by atomic mass is 9.87. The number of dihydropyridines is 1. The van der Waals surface area contributed by atoms with Crippen LogP contribution in [0.3, 0.4) is 0 Å². The minimum Gasteiger partial charge on any atom is -0.364 e. The fourth-order valence-corrected chi connectivity index (χ4v) is 4.64. The van der Waals surface area contributed by atoms with Crippen LogP contribution in [0.1, 0.15) is 28.5 Å². The van der Waals surface area contributed by atoms with Gasteiger partial charge in [-0.1, -0.05) is 24.3 Å². The Morgan fingerprint density at radius 2 is 1.36 bits per heavy atom. The summed E-state index contributed by atoms with van der Waals surface area (Å²) in [6.07, 6.45) is 8.13. The minimum atomic E-state index is -0.680. The van der Waals surface area contributed by atoms with Gasteiger partial charge in [0.15, 0.2) is 0 Å². The van der Waals surface area contributed by atoms with Crippen molar-refractivity contribution in [3.8, 4) is 22.8 Å². The third-order valence-electron chi connectivity index (χ3n) is 6.43. The Kier molecular flexibility index (Phi) is 5.34. The summed E-state index contributed by atoms with van der Waals surface area (Å²) in [6, 6.07) is 26.4. The van der Waals surface area contributed by atoms with Crippen LogP contribution in [-0.2, 0) is 5.54 Å². The Labute approximate surface area is 209 Å². The van der Waals surface area contributed by atoms with Crippen molar-refractivity contribution >= 4 is 5.70 Å². The molecule has 0 saturated carbocycles. The molecular formula is C30H26N6. The van der Waals surface area contributed by atoms with E-state index in [1.165, 1.54) is 0 Å². The van der Waals surface area contributed by atoms with Gasteiger partial charge in [-0.3, -0.25) is 15.0 Å². The highest BCUT2D eigenvalue weighted by Gasteiger charge is 2.37. The van der Waals surface area contributed by atoms with E-state index < -0.39 is 5.54 Å². The molecule has 6 nitrogen and oxygen atoms in total. The summed E-state index contributed by atoms with van der Waals surface area (Å²) in [4.78, 5) is 21.2. The number of rotatable bonds is 5. The molecule has 0 spiro atoms. The van der Waals surface area contributed by atoms with Gasteiger partial charge in [0.2, 0.25) is 0 Å². The van der Waals surface area contributed by atoms with Crippen LogP contribution in [0.25, 0.3) is 28.5 Å². The summed E-state index contributed by atoms with van der Waals surface area (Å²) in [5.74, 6) is 0. The molecule has 0 bridgehead atoms. The summed E-state index contributed by atoms with van der Waals surface area (Å²) in [6.45, 7) is 4.00. The highest BCUT2D eigenvalue weighted by Crippen LogP contribution is 2.36. The van der Waals surface area contributed by atoms with Gasteiger partial charge in [0.05, 0.1) is 45.6 Å². The van der Waals surface area contributed by atoms with Crippen molar-refractivity contribution in [1.82, 2.24) is 30.2 Å². The van der Waals surface area contributed by atoms with Crippen LogP contribution >= 0.6 is 0 Å². The molecule has 0 saturated heterocycles. The van der Waals surface area contributed by atoms with Crippen LogP contribution < -0.4 is 5.32 Å². The van der Waals surface area contributed by atoms with Crippen molar-refractivity contribution < 1.29 is 0 Å². The average molecular weight is 471 g/mol. The van der Waals surface area contributed by atoms with Gasteiger partial charge in [-0.05, 0) is 86.7 Å². The fourth-order valence-electron chi connectivity index (χ4n) is 4.64. The first kappa shape index (κ1) is 21.8. The lowest BCUT2D eigenvalue weighted by Crippen LogP contribution is -2.43. The van der Waals surface area contributed by atoms with Crippen molar-refractivity contribution in [2.24, 2.45) is 0 Å². The van der Waals surface area contributed by atoms with Gasteiger partial charge < -0.3 is 15.3 Å². The number of H-pyrrole nitrogens is 2. The van der Waals surface area contributed by atoms with Crippen LogP contribution in [-0.4, -0.2) is 24.9 Å². The van der Waals surface area contributed by atoms with E-state index in [2.05, 4.69) is 62.8 Å². The second kappa shape index (κ2) is 8.82. The topological polar surface area (TPSA) is 82.3 Å². The van der Waals surface area contributed by atoms with E-state index in [0.717, 1.165) is 56.9 Å². The molecule has 6 heteroatoms. The lowest BCUT2D eigenvalue weighted by Gasteiger charge is -2.34. The maximum atomic E-state index is 4.74. The maximum Gasteiger partial charge on any atom is 0.139 e. The molecule has 5 aromatic rings. The van der Waals surface area contributed by atoms with Crippen LogP contribution in [0.2, 0.25) is 0 Å². The Balaban J connectivity index is 1.39. The number of pyridine rings is 3. The van der Waals surface area contributed by atoms with Gasteiger partial charge >= 0.3 is 0 Å². The molecule has 6 rings (SSSR count). The van der Waals surface area contributed by atoms with Gasteiger partial charge in [0, 0.05) is 17.6 Å². The van der Waals surface area contributed by atoms with Crippen LogP contribution in [0.5, 0.6) is 0 Å². The summed E-state index contributed by atoms with van der Waals surface area (Å²) in [5.41, 5.74) is 8.87. The zero-order valence-electron chi connectivity index (χ0n) is 20.2. The molecule has 1 unspecified atom stereocenters. The molecule has 0 aliphatic carbocycles. The third-order valence-corrected chi connectivity index (χ3v) is 6.43. The zero-order valence-corrected chi connectivity index (χ0v) is 20.2. The van der Waals surface area contributed by atoms with Gasteiger partial charge in [0.25, 0.3) is 0 Å². The number of nitrogens with zero attached hydrogens (tertiary/aromatic N) is 3. The second-order valence-corrected chi connectivity index (χ2v) is 8.99. The number of aromatic nitrogens is 5.